The average Bonchev–Trinajstić information content (AvgIpc) is 3.32. The first-order chi connectivity index (χ1) is 14.0. The van der Waals surface area contributed by atoms with Crippen molar-refractivity contribution >= 4 is 22.8 Å². The van der Waals surface area contributed by atoms with Gasteiger partial charge in [-0.25, -0.2) is 0 Å². The van der Waals surface area contributed by atoms with E-state index in [1.165, 1.54) is 0 Å². The molecule has 2 aromatic carbocycles. The molecule has 0 bridgehead atoms. The van der Waals surface area contributed by atoms with E-state index in [9.17, 15) is 9.59 Å². The van der Waals surface area contributed by atoms with Crippen LogP contribution in [0.1, 0.15) is 29.7 Å². The number of hydrogen-bond acceptors (Lipinski definition) is 6. The zero-order valence-corrected chi connectivity index (χ0v) is 16.2. The number of carbonyl (C=O) groups excluding carboxylic acids is 2. The normalized spacial score (nSPS) is 13.3. The van der Waals surface area contributed by atoms with E-state index in [1.807, 2.05) is 44.2 Å². The molecule has 1 aromatic heterocycles. The van der Waals surface area contributed by atoms with Gasteiger partial charge in [0, 0.05) is 10.9 Å². The third kappa shape index (κ3) is 4.18. The number of ether oxygens (including phenoxy) is 3. The lowest BCUT2D eigenvalue weighted by Gasteiger charge is -2.15. The first-order valence-electron chi connectivity index (χ1n) is 9.31. The Morgan fingerprint density at radius 3 is 2.83 bits per heavy atom. The monoisotopic (exact) mass is 395 g/mol. The molecule has 1 aliphatic heterocycles. The molecular weight excluding hydrogens is 374 g/mol. The van der Waals surface area contributed by atoms with Crippen molar-refractivity contribution < 1.29 is 28.2 Å². The molecule has 1 N–H and O–H groups in total. The van der Waals surface area contributed by atoms with Crippen LogP contribution in [0.5, 0.6) is 11.5 Å². The van der Waals surface area contributed by atoms with Crippen LogP contribution in [0.15, 0.2) is 47.1 Å². The minimum atomic E-state index is -0.487. The first kappa shape index (κ1) is 18.9. The van der Waals surface area contributed by atoms with Crippen LogP contribution in [0.4, 0.5) is 0 Å². The van der Waals surface area contributed by atoms with Crippen LogP contribution < -0.4 is 14.8 Å². The first-order valence-corrected chi connectivity index (χ1v) is 9.31. The summed E-state index contributed by atoms with van der Waals surface area (Å²) in [6, 6.07) is 11.0. The molecule has 7 heteroatoms. The third-order valence-electron chi connectivity index (χ3n) is 4.78. The molecule has 0 unspecified atom stereocenters. The number of amides is 1. The fraction of sp³-hybridized carbons (Fsp3) is 0.273. The van der Waals surface area contributed by atoms with Gasteiger partial charge in [0.05, 0.1) is 18.7 Å². The highest BCUT2D eigenvalue weighted by Gasteiger charge is 2.18. The maximum Gasteiger partial charge on any atom is 0.310 e. The van der Waals surface area contributed by atoms with E-state index in [2.05, 4.69) is 5.32 Å². The SMILES string of the molecule is Cc1ccc2c(CC(=O)OCC(=O)N[C@H](C)c3ccc4c(c3)OCO4)coc2c1. The van der Waals surface area contributed by atoms with Gasteiger partial charge in [-0.3, -0.25) is 9.59 Å². The molecule has 4 rings (SSSR count). The zero-order valence-electron chi connectivity index (χ0n) is 16.2. The topological polar surface area (TPSA) is 87.0 Å². The van der Waals surface area contributed by atoms with E-state index < -0.39 is 5.97 Å². The van der Waals surface area contributed by atoms with E-state index >= 15 is 0 Å². The number of benzene rings is 2. The number of furan rings is 1. The van der Waals surface area contributed by atoms with Gasteiger partial charge in [0.1, 0.15) is 5.58 Å². The minimum Gasteiger partial charge on any atom is -0.464 e. The molecule has 0 spiro atoms. The van der Waals surface area contributed by atoms with Crippen molar-refractivity contribution in [1.29, 1.82) is 0 Å². The fourth-order valence-corrected chi connectivity index (χ4v) is 3.23. The number of esters is 1. The highest BCUT2D eigenvalue weighted by atomic mass is 16.7. The van der Waals surface area contributed by atoms with Crippen molar-refractivity contribution in [2.75, 3.05) is 13.4 Å². The third-order valence-corrected chi connectivity index (χ3v) is 4.78. The second-order valence-electron chi connectivity index (χ2n) is 7.00. The number of fused-ring (bicyclic) bond motifs is 2. The standard InChI is InChI=1S/C22H21NO6/c1-13-3-5-17-16(10-26-19(17)7-13)9-22(25)27-11-21(24)23-14(2)15-4-6-18-20(8-15)29-12-28-18/h3-8,10,14H,9,11-12H2,1-2H3,(H,23,24)/t14-/m1/s1. The highest BCUT2D eigenvalue weighted by molar-refractivity contribution is 5.87. The lowest BCUT2D eigenvalue weighted by molar-refractivity contribution is -0.148. The molecule has 0 fully saturated rings. The maximum atomic E-state index is 12.2. The Bertz CT molecular complexity index is 1070. The predicted molar refractivity (Wildman–Crippen MR) is 105 cm³/mol. The van der Waals surface area contributed by atoms with Crippen LogP contribution in [0.25, 0.3) is 11.0 Å². The van der Waals surface area contributed by atoms with Crippen molar-refractivity contribution in [3.63, 3.8) is 0 Å². The van der Waals surface area contributed by atoms with E-state index in [1.54, 1.807) is 12.3 Å². The smallest absolute Gasteiger partial charge is 0.310 e. The summed E-state index contributed by atoms with van der Waals surface area (Å²) >= 11 is 0. The van der Waals surface area contributed by atoms with Gasteiger partial charge in [-0.15, -0.1) is 0 Å². The van der Waals surface area contributed by atoms with Crippen LogP contribution in [0.2, 0.25) is 0 Å². The number of aryl methyl sites for hydroxylation is 1. The van der Waals surface area contributed by atoms with Gasteiger partial charge in [-0.05, 0) is 43.2 Å². The van der Waals surface area contributed by atoms with Crippen molar-refractivity contribution in [3.05, 3.63) is 59.4 Å². The van der Waals surface area contributed by atoms with Gasteiger partial charge in [0.15, 0.2) is 18.1 Å². The molecular formula is C22H21NO6. The summed E-state index contributed by atoms with van der Waals surface area (Å²) in [6.07, 6.45) is 1.59. The number of nitrogens with one attached hydrogen (secondary N) is 1. The Kier molecular flexibility index (Phi) is 5.12. The van der Waals surface area contributed by atoms with Crippen molar-refractivity contribution in [2.24, 2.45) is 0 Å². The second-order valence-corrected chi connectivity index (χ2v) is 7.00. The molecule has 1 amide bonds. The maximum absolute atomic E-state index is 12.2. The summed E-state index contributed by atoms with van der Waals surface area (Å²) in [4.78, 5) is 24.3. The molecule has 0 radical (unpaired) electrons. The molecule has 2 heterocycles. The lowest BCUT2D eigenvalue weighted by atomic mass is 10.1. The Morgan fingerprint density at radius 2 is 1.97 bits per heavy atom. The van der Waals surface area contributed by atoms with E-state index in [-0.39, 0.29) is 31.8 Å². The van der Waals surface area contributed by atoms with E-state index in [0.717, 1.165) is 27.7 Å². The average molecular weight is 395 g/mol. The molecule has 1 atom stereocenters. The van der Waals surface area contributed by atoms with Crippen LogP contribution in [-0.4, -0.2) is 25.3 Å². The molecule has 0 saturated heterocycles. The fourth-order valence-electron chi connectivity index (χ4n) is 3.23. The summed E-state index contributed by atoms with van der Waals surface area (Å²) in [5, 5.41) is 3.68. The highest BCUT2D eigenvalue weighted by Crippen LogP contribution is 2.34. The Balaban J connectivity index is 1.29. The molecule has 7 nitrogen and oxygen atoms in total. The van der Waals surface area contributed by atoms with E-state index in [0.29, 0.717) is 11.5 Å². The lowest BCUT2D eigenvalue weighted by Crippen LogP contribution is -2.31. The van der Waals surface area contributed by atoms with Crippen molar-refractivity contribution in [2.45, 2.75) is 26.3 Å². The second kappa shape index (κ2) is 7.87. The molecule has 29 heavy (non-hydrogen) atoms. The number of hydrogen-bond donors (Lipinski definition) is 1. The Hall–Kier alpha value is -3.48. The van der Waals surface area contributed by atoms with Gasteiger partial charge in [-0.2, -0.15) is 0 Å². The van der Waals surface area contributed by atoms with Crippen LogP contribution >= 0.6 is 0 Å². The molecule has 150 valence electrons. The largest absolute Gasteiger partial charge is 0.464 e. The van der Waals surface area contributed by atoms with Crippen molar-refractivity contribution in [1.82, 2.24) is 5.32 Å². The van der Waals surface area contributed by atoms with Crippen LogP contribution in [0.3, 0.4) is 0 Å². The summed E-state index contributed by atoms with van der Waals surface area (Å²) in [5.74, 6) is 0.469. The summed E-state index contributed by atoms with van der Waals surface area (Å²) in [6.45, 7) is 3.67. The summed E-state index contributed by atoms with van der Waals surface area (Å²) < 4.78 is 21.2. The minimum absolute atomic E-state index is 0.0427. The van der Waals surface area contributed by atoms with E-state index in [4.69, 9.17) is 18.6 Å². The Morgan fingerprint density at radius 1 is 1.14 bits per heavy atom. The Labute approximate surface area is 167 Å². The van der Waals surface area contributed by atoms with Crippen molar-refractivity contribution in [3.8, 4) is 11.5 Å². The number of rotatable bonds is 6. The molecule has 0 saturated carbocycles. The predicted octanol–water partition coefficient (Wildman–Crippen LogP) is 3.43. The van der Waals surface area contributed by atoms with Crippen LogP contribution in [0, 0.1) is 6.92 Å². The van der Waals surface area contributed by atoms with Gasteiger partial charge in [-0.1, -0.05) is 18.2 Å². The number of carbonyl (C=O) groups is 2. The van der Waals surface area contributed by atoms with Gasteiger partial charge >= 0.3 is 5.97 Å². The van der Waals surface area contributed by atoms with Crippen LogP contribution in [-0.2, 0) is 20.7 Å². The van der Waals surface area contributed by atoms with Gasteiger partial charge in [0.2, 0.25) is 6.79 Å². The summed E-state index contributed by atoms with van der Waals surface area (Å²) in [5.41, 5.74) is 3.41. The molecule has 1 aliphatic rings. The molecule has 0 aliphatic carbocycles. The quantitative estimate of drug-likeness (QED) is 0.644. The zero-order chi connectivity index (χ0) is 20.4. The summed E-state index contributed by atoms with van der Waals surface area (Å²) in [7, 11) is 0. The van der Waals surface area contributed by atoms with Gasteiger partial charge < -0.3 is 23.9 Å². The molecule has 3 aromatic rings. The van der Waals surface area contributed by atoms with Gasteiger partial charge in [0.25, 0.3) is 5.91 Å².